The minimum atomic E-state index is -0.328. The third-order valence-corrected chi connectivity index (χ3v) is 3.51. The Balaban J connectivity index is 2.00. The Labute approximate surface area is 143 Å². The van der Waals surface area contributed by atoms with Gasteiger partial charge >= 0.3 is 0 Å². The van der Waals surface area contributed by atoms with Gasteiger partial charge in [0.05, 0.1) is 17.8 Å². The van der Waals surface area contributed by atoms with Crippen LogP contribution in [-0.2, 0) is 0 Å². The molecule has 1 amide bonds. The second-order valence-electron chi connectivity index (χ2n) is 4.26. The molecule has 0 aliphatic rings. The summed E-state index contributed by atoms with van der Waals surface area (Å²) in [5.74, 6) is 0.343. The number of nitrogens with one attached hydrogen (secondary N) is 2. The zero-order chi connectivity index (χ0) is 16.1. The van der Waals surface area contributed by atoms with Crippen LogP contribution in [0.3, 0.4) is 0 Å². The molecule has 0 fully saturated rings. The molecule has 0 heterocycles. The maximum Gasteiger partial charge on any atom is 0.257 e. The molecule has 0 aliphatic heterocycles. The van der Waals surface area contributed by atoms with Gasteiger partial charge < -0.3 is 10.1 Å². The van der Waals surface area contributed by atoms with Crippen LogP contribution in [0, 0.1) is 0 Å². The summed E-state index contributed by atoms with van der Waals surface area (Å²) < 4.78 is 5.04. The summed E-state index contributed by atoms with van der Waals surface area (Å²) in [5.41, 5.74) is 1.03. The quantitative estimate of drug-likeness (QED) is 0.813. The average molecular weight is 355 g/mol. The van der Waals surface area contributed by atoms with E-state index in [2.05, 4.69) is 10.6 Å². The van der Waals surface area contributed by atoms with Crippen LogP contribution in [0.5, 0.6) is 5.75 Å². The lowest BCUT2D eigenvalue weighted by atomic mass is 10.2. The van der Waals surface area contributed by atoms with Crippen LogP contribution in [0.15, 0.2) is 42.5 Å². The summed E-state index contributed by atoms with van der Waals surface area (Å²) in [6.07, 6.45) is 0. The average Bonchev–Trinajstić information content (AvgIpc) is 2.50. The van der Waals surface area contributed by atoms with E-state index < -0.39 is 0 Å². The van der Waals surface area contributed by atoms with Crippen molar-refractivity contribution in [2.45, 2.75) is 0 Å². The van der Waals surface area contributed by atoms with Gasteiger partial charge in [0.15, 0.2) is 5.11 Å². The molecule has 0 unspecified atom stereocenters. The van der Waals surface area contributed by atoms with E-state index in [0.717, 1.165) is 0 Å². The first-order chi connectivity index (χ1) is 10.5. The number of hydrogen-bond donors (Lipinski definition) is 2. The summed E-state index contributed by atoms with van der Waals surface area (Å²) in [6.45, 7) is 0. The molecule has 0 bridgehead atoms. The number of rotatable bonds is 3. The topological polar surface area (TPSA) is 50.4 Å². The van der Waals surface area contributed by atoms with E-state index in [1.807, 2.05) is 0 Å². The highest BCUT2D eigenvalue weighted by atomic mass is 35.5. The summed E-state index contributed by atoms with van der Waals surface area (Å²) >= 11 is 16.9. The fourth-order valence-electron chi connectivity index (χ4n) is 1.66. The predicted molar refractivity (Wildman–Crippen MR) is 93.1 cm³/mol. The van der Waals surface area contributed by atoms with Crippen molar-refractivity contribution in [3.05, 3.63) is 58.1 Å². The number of ether oxygens (including phenoxy) is 1. The summed E-state index contributed by atoms with van der Waals surface area (Å²) in [7, 11) is 1.56. The molecule has 0 spiro atoms. The van der Waals surface area contributed by atoms with Gasteiger partial charge in [-0.1, -0.05) is 23.2 Å². The molecule has 0 saturated heterocycles. The Hall–Kier alpha value is -1.82. The number of carbonyl (C=O) groups is 1. The lowest BCUT2D eigenvalue weighted by molar-refractivity contribution is 0.0977. The lowest BCUT2D eigenvalue weighted by Crippen LogP contribution is -2.34. The molecule has 22 heavy (non-hydrogen) atoms. The summed E-state index contributed by atoms with van der Waals surface area (Å²) in [6, 6.07) is 11.6. The molecule has 0 aromatic heterocycles. The molecule has 0 saturated carbocycles. The molecule has 114 valence electrons. The second-order valence-corrected chi connectivity index (χ2v) is 5.51. The molecule has 2 aromatic carbocycles. The maximum absolute atomic E-state index is 12.1. The molecule has 2 N–H and O–H groups in total. The number of hydrogen-bond acceptors (Lipinski definition) is 3. The monoisotopic (exact) mass is 354 g/mol. The first-order valence-corrected chi connectivity index (χ1v) is 7.37. The van der Waals surface area contributed by atoms with Crippen LogP contribution in [0.25, 0.3) is 0 Å². The van der Waals surface area contributed by atoms with Crippen molar-refractivity contribution in [2.75, 3.05) is 12.4 Å². The minimum Gasteiger partial charge on any atom is -0.497 e. The van der Waals surface area contributed by atoms with Crippen LogP contribution in [0.1, 0.15) is 10.4 Å². The Kier molecular flexibility index (Phi) is 5.60. The standard InChI is InChI=1S/C15H12Cl2N2O2S/c1-21-11-5-2-9(3-6-11)14(20)19-15(22)18-13-7-4-10(16)8-12(13)17/h2-8H,1H3,(H2,18,19,20,22). The first kappa shape index (κ1) is 16.5. The van der Waals surface area contributed by atoms with Gasteiger partial charge in [0, 0.05) is 10.6 Å². The fourth-order valence-corrected chi connectivity index (χ4v) is 2.32. The summed E-state index contributed by atoms with van der Waals surface area (Å²) in [4.78, 5) is 12.1. The number of halogens is 2. The summed E-state index contributed by atoms with van der Waals surface area (Å²) in [5, 5.41) is 6.49. The van der Waals surface area contributed by atoms with E-state index in [1.54, 1.807) is 49.6 Å². The zero-order valence-corrected chi connectivity index (χ0v) is 13.9. The largest absolute Gasteiger partial charge is 0.497 e. The predicted octanol–water partition coefficient (Wildman–Crippen LogP) is 4.13. The molecular formula is C15H12Cl2N2O2S. The smallest absolute Gasteiger partial charge is 0.257 e. The van der Waals surface area contributed by atoms with Crippen molar-refractivity contribution in [2.24, 2.45) is 0 Å². The van der Waals surface area contributed by atoms with Crippen molar-refractivity contribution in [3.63, 3.8) is 0 Å². The Morgan fingerprint density at radius 3 is 2.41 bits per heavy atom. The number of amides is 1. The number of methoxy groups -OCH3 is 1. The Morgan fingerprint density at radius 2 is 1.82 bits per heavy atom. The highest BCUT2D eigenvalue weighted by Gasteiger charge is 2.09. The minimum absolute atomic E-state index is 0.144. The van der Waals surface area contributed by atoms with Gasteiger partial charge in [-0.15, -0.1) is 0 Å². The van der Waals surface area contributed by atoms with Crippen LogP contribution in [-0.4, -0.2) is 18.1 Å². The van der Waals surface area contributed by atoms with Crippen molar-refractivity contribution >= 4 is 52.1 Å². The van der Waals surface area contributed by atoms with Crippen LogP contribution < -0.4 is 15.4 Å². The Bertz CT molecular complexity index is 705. The van der Waals surface area contributed by atoms with Crippen molar-refractivity contribution in [3.8, 4) is 5.75 Å². The van der Waals surface area contributed by atoms with Crippen LogP contribution >= 0.6 is 35.4 Å². The second kappa shape index (κ2) is 7.45. The van der Waals surface area contributed by atoms with Gasteiger partial charge in [-0.25, -0.2) is 0 Å². The van der Waals surface area contributed by atoms with E-state index in [-0.39, 0.29) is 11.0 Å². The van der Waals surface area contributed by atoms with Crippen LogP contribution in [0.4, 0.5) is 5.69 Å². The SMILES string of the molecule is COc1ccc(C(=O)NC(=S)Nc2ccc(Cl)cc2Cl)cc1. The molecule has 0 aliphatic carbocycles. The molecule has 0 radical (unpaired) electrons. The normalized spacial score (nSPS) is 9.95. The van der Waals surface area contributed by atoms with Gasteiger partial charge in [-0.3, -0.25) is 10.1 Å². The van der Waals surface area contributed by atoms with Crippen molar-refractivity contribution in [1.82, 2.24) is 5.32 Å². The lowest BCUT2D eigenvalue weighted by Gasteiger charge is -2.11. The maximum atomic E-state index is 12.1. The highest BCUT2D eigenvalue weighted by Crippen LogP contribution is 2.25. The highest BCUT2D eigenvalue weighted by molar-refractivity contribution is 7.80. The molecule has 4 nitrogen and oxygen atoms in total. The number of benzene rings is 2. The van der Waals surface area contributed by atoms with Gasteiger partial charge in [-0.2, -0.15) is 0 Å². The van der Waals surface area contributed by atoms with Gasteiger partial charge in [0.2, 0.25) is 0 Å². The van der Waals surface area contributed by atoms with E-state index in [4.69, 9.17) is 40.2 Å². The number of thiocarbonyl (C=S) groups is 1. The van der Waals surface area contributed by atoms with E-state index >= 15 is 0 Å². The molecule has 2 rings (SSSR count). The number of anilines is 1. The van der Waals surface area contributed by atoms with E-state index in [9.17, 15) is 4.79 Å². The van der Waals surface area contributed by atoms with Gasteiger partial charge in [0.25, 0.3) is 5.91 Å². The van der Waals surface area contributed by atoms with Crippen LogP contribution in [0.2, 0.25) is 10.0 Å². The van der Waals surface area contributed by atoms with E-state index in [0.29, 0.717) is 27.0 Å². The van der Waals surface area contributed by atoms with Gasteiger partial charge in [-0.05, 0) is 54.7 Å². The van der Waals surface area contributed by atoms with Crippen molar-refractivity contribution < 1.29 is 9.53 Å². The Morgan fingerprint density at radius 1 is 1.14 bits per heavy atom. The van der Waals surface area contributed by atoms with Crippen molar-refractivity contribution in [1.29, 1.82) is 0 Å². The van der Waals surface area contributed by atoms with E-state index in [1.165, 1.54) is 0 Å². The number of carbonyl (C=O) groups excluding carboxylic acids is 1. The molecule has 7 heteroatoms. The molecular weight excluding hydrogens is 343 g/mol. The third-order valence-electron chi connectivity index (χ3n) is 2.76. The molecule has 2 aromatic rings. The fraction of sp³-hybridized carbons (Fsp3) is 0.0667. The zero-order valence-electron chi connectivity index (χ0n) is 11.5. The molecule has 0 atom stereocenters. The third kappa shape index (κ3) is 4.34. The van der Waals surface area contributed by atoms with Gasteiger partial charge in [0.1, 0.15) is 5.75 Å². The first-order valence-electron chi connectivity index (χ1n) is 6.21.